The lowest BCUT2D eigenvalue weighted by atomic mass is 9.86. The van der Waals surface area contributed by atoms with Crippen LogP contribution in [0.15, 0.2) is 42.5 Å². The Balaban J connectivity index is 1.28. The van der Waals surface area contributed by atoms with E-state index in [1.54, 1.807) is 6.07 Å². The van der Waals surface area contributed by atoms with E-state index in [4.69, 9.17) is 21.6 Å². The van der Waals surface area contributed by atoms with Gasteiger partial charge in [-0.15, -0.1) is 0 Å². The summed E-state index contributed by atoms with van der Waals surface area (Å²) in [6, 6.07) is 13.1. The van der Waals surface area contributed by atoms with Crippen LogP contribution in [0.25, 0.3) is 10.9 Å². The molecule has 0 unspecified atom stereocenters. The standard InChI is InChI=1S/C24H29ClN6O2/c1-30(2)23-20-5-3-4-6-22(20)28-24(29-23)27-18-10-7-16(8-11-18)14-26-15-17-9-12-19(31(32)33)13-21(17)25/h3-6,9,12-13,16,18,26H,7-8,10-11,14-15H2,1-2H3,(H,27,28,29)/t16-,18+. The van der Waals surface area contributed by atoms with Crippen LogP contribution in [-0.4, -0.2) is 41.6 Å². The molecule has 0 aliphatic heterocycles. The van der Waals surface area contributed by atoms with Crippen molar-refractivity contribution in [2.45, 2.75) is 38.3 Å². The zero-order valence-electron chi connectivity index (χ0n) is 18.9. The van der Waals surface area contributed by atoms with Crippen LogP contribution in [0.4, 0.5) is 17.5 Å². The minimum atomic E-state index is -0.431. The summed E-state index contributed by atoms with van der Waals surface area (Å²) < 4.78 is 0. The van der Waals surface area contributed by atoms with Crippen LogP contribution in [0.5, 0.6) is 0 Å². The molecule has 2 aromatic carbocycles. The van der Waals surface area contributed by atoms with Gasteiger partial charge in [0.25, 0.3) is 5.69 Å². The molecular weight excluding hydrogens is 440 g/mol. The van der Waals surface area contributed by atoms with Gasteiger partial charge >= 0.3 is 0 Å². The molecule has 0 radical (unpaired) electrons. The Hall–Kier alpha value is -2.97. The minimum Gasteiger partial charge on any atom is -0.362 e. The Kier molecular flexibility index (Phi) is 7.25. The van der Waals surface area contributed by atoms with Crippen LogP contribution >= 0.6 is 11.6 Å². The first kappa shape index (κ1) is 23.2. The SMILES string of the molecule is CN(C)c1nc(N[C@H]2CC[C@@H](CNCc3ccc([N+](=O)[O-])cc3Cl)CC2)nc2ccccc12. The summed E-state index contributed by atoms with van der Waals surface area (Å²) in [6.07, 6.45) is 4.37. The molecule has 0 atom stereocenters. The van der Waals surface area contributed by atoms with E-state index in [0.29, 0.717) is 29.5 Å². The molecule has 0 amide bonds. The number of non-ortho nitro benzene ring substituents is 1. The fourth-order valence-corrected chi connectivity index (χ4v) is 4.60. The second-order valence-electron chi connectivity index (χ2n) is 8.81. The topological polar surface area (TPSA) is 96.2 Å². The first-order chi connectivity index (χ1) is 15.9. The third kappa shape index (κ3) is 5.69. The molecule has 1 saturated carbocycles. The molecule has 1 heterocycles. The lowest BCUT2D eigenvalue weighted by Gasteiger charge is -2.29. The maximum Gasteiger partial charge on any atom is 0.270 e. The Morgan fingerprint density at radius 1 is 1.12 bits per heavy atom. The largest absolute Gasteiger partial charge is 0.362 e. The van der Waals surface area contributed by atoms with Crippen molar-refractivity contribution >= 4 is 40.0 Å². The smallest absolute Gasteiger partial charge is 0.270 e. The fourth-order valence-electron chi connectivity index (χ4n) is 4.36. The number of nitro groups is 1. The molecule has 0 saturated heterocycles. The molecule has 0 spiro atoms. The van der Waals surface area contributed by atoms with Gasteiger partial charge in [0, 0.05) is 44.2 Å². The van der Waals surface area contributed by atoms with Gasteiger partial charge < -0.3 is 15.5 Å². The molecule has 1 fully saturated rings. The number of halogens is 1. The molecule has 8 nitrogen and oxygen atoms in total. The summed E-state index contributed by atoms with van der Waals surface area (Å²) >= 11 is 6.19. The van der Waals surface area contributed by atoms with Crippen molar-refractivity contribution < 1.29 is 4.92 Å². The number of rotatable bonds is 8. The van der Waals surface area contributed by atoms with E-state index in [9.17, 15) is 10.1 Å². The first-order valence-corrected chi connectivity index (χ1v) is 11.6. The van der Waals surface area contributed by atoms with E-state index < -0.39 is 4.92 Å². The van der Waals surface area contributed by atoms with Crippen LogP contribution < -0.4 is 15.5 Å². The second-order valence-corrected chi connectivity index (χ2v) is 9.22. The number of para-hydroxylation sites is 1. The summed E-state index contributed by atoms with van der Waals surface area (Å²) in [5.74, 6) is 2.20. The molecule has 4 rings (SSSR count). The Bertz CT molecular complexity index is 1130. The average molecular weight is 469 g/mol. The zero-order chi connectivity index (χ0) is 23.4. The second kappa shape index (κ2) is 10.3. The van der Waals surface area contributed by atoms with Gasteiger partial charge in [-0.25, -0.2) is 4.98 Å². The number of nitro benzene ring substituents is 1. The Labute approximate surface area is 198 Å². The highest BCUT2D eigenvalue weighted by Crippen LogP contribution is 2.28. The van der Waals surface area contributed by atoms with Crippen molar-refractivity contribution in [3.8, 4) is 0 Å². The van der Waals surface area contributed by atoms with E-state index in [2.05, 4.69) is 16.7 Å². The molecule has 1 aliphatic rings. The van der Waals surface area contributed by atoms with Gasteiger partial charge in [-0.1, -0.05) is 23.7 Å². The predicted molar refractivity (Wildman–Crippen MR) is 133 cm³/mol. The molecule has 3 aromatic rings. The molecule has 2 N–H and O–H groups in total. The van der Waals surface area contributed by atoms with Crippen molar-refractivity contribution in [2.24, 2.45) is 5.92 Å². The highest BCUT2D eigenvalue weighted by atomic mass is 35.5. The molecule has 1 aromatic heterocycles. The fraction of sp³-hybridized carbons (Fsp3) is 0.417. The predicted octanol–water partition coefficient (Wildman–Crippen LogP) is 5.02. The van der Waals surface area contributed by atoms with Gasteiger partial charge in [0.1, 0.15) is 5.82 Å². The Morgan fingerprint density at radius 2 is 1.88 bits per heavy atom. The van der Waals surface area contributed by atoms with E-state index in [1.165, 1.54) is 12.1 Å². The lowest BCUT2D eigenvalue weighted by molar-refractivity contribution is -0.384. The van der Waals surface area contributed by atoms with Gasteiger partial charge in [-0.05, 0) is 61.9 Å². The van der Waals surface area contributed by atoms with E-state index in [1.807, 2.05) is 37.2 Å². The van der Waals surface area contributed by atoms with Crippen LogP contribution in [0.2, 0.25) is 5.02 Å². The number of benzene rings is 2. The highest BCUT2D eigenvalue weighted by Gasteiger charge is 2.22. The summed E-state index contributed by atoms with van der Waals surface area (Å²) in [5.41, 5.74) is 1.84. The average Bonchev–Trinajstić information content (AvgIpc) is 2.80. The maximum absolute atomic E-state index is 10.8. The van der Waals surface area contributed by atoms with Crippen molar-refractivity contribution in [3.63, 3.8) is 0 Å². The molecule has 9 heteroatoms. The van der Waals surface area contributed by atoms with E-state index in [0.717, 1.165) is 54.5 Å². The third-order valence-electron chi connectivity index (χ3n) is 6.18. The molecule has 1 aliphatic carbocycles. The number of aromatic nitrogens is 2. The molecular formula is C24H29ClN6O2. The quantitative estimate of drug-likeness (QED) is 0.354. The molecule has 174 valence electrons. The van der Waals surface area contributed by atoms with E-state index >= 15 is 0 Å². The van der Waals surface area contributed by atoms with Crippen molar-refractivity contribution in [3.05, 3.63) is 63.2 Å². The van der Waals surface area contributed by atoms with Crippen LogP contribution in [0.1, 0.15) is 31.2 Å². The molecule has 33 heavy (non-hydrogen) atoms. The van der Waals surface area contributed by atoms with Crippen molar-refractivity contribution in [1.29, 1.82) is 0 Å². The van der Waals surface area contributed by atoms with Crippen molar-refractivity contribution in [1.82, 2.24) is 15.3 Å². The summed E-state index contributed by atoms with van der Waals surface area (Å²) in [5, 5.41) is 19.3. The third-order valence-corrected chi connectivity index (χ3v) is 6.53. The molecule has 0 bridgehead atoms. The number of nitrogens with one attached hydrogen (secondary N) is 2. The van der Waals surface area contributed by atoms with E-state index in [-0.39, 0.29) is 5.69 Å². The van der Waals surface area contributed by atoms with Crippen LogP contribution in [0, 0.1) is 16.0 Å². The Morgan fingerprint density at radius 3 is 2.58 bits per heavy atom. The minimum absolute atomic E-state index is 0.0164. The zero-order valence-corrected chi connectivity index (χ0v) is 19.7. The monoisotopic (exact) mass is 468 g/mol. The number of hydrogen-bond donors (Lipinski definition) is 2. The maximum atomic E-state index is 10.8. The van der Waals surface area contributed by atoms with Gasteiger partial charge in [-0.3, -0.25) is 10.1 Å². The number of anilines is 2. The number of hydrogen-bond acceptors (Lipinski definition) is 7. The van der Waals surface area contributed by atoms with Crippen LogP contribution in [0.3, 0.4) is 0 Å². The summed E-state index contributed by atoms with van der Waals surface area (Å²) in [4.78, 5) is 21.9. The highest BCUT2D eigenvalue weighted by molar-refractivity contribution is 6.31. The van der Waals surface area contributed by atoms with Gasteiger partial charge in [0.05, 0.1) is 15.5 Å². The van der Waals surface area contributed by atoms with Crippen LogP contribution in [-0.2, 0) is 6.54 Å². The number of nitrogens with zero attached hydrogens (tertiary/aromatic N) is 4. The first-order valence-electron chi connectivity index (χ1n) is 11.2. The van der Waals surface area contributed by atoms with Gasteiger partial charge in [0.2, 0.25) is 5.95 Å². The number of fused-ring (bicyclic) bond motifs is 1. The van der Waals surface area contributed by atoms with Crippen molar-refractivity contribution in [2.75, 3.05) is 30.9 Å². The van der Waals surface area contributed by atoms with Gasteiger partial charge in [0.15, 0.2) is 0 Å². The lowest BCUT2D eigenvalue weighted by Crippen LogP contribution is -2.31. The normalized spacial score (nSPS) is 18.3. The summed E-state index contributed by atoms with van der Waals surface area (Å²) in [7, 11) is 4.00. The van der Waals surface area contributed by atoms with Gasteiger partial charge in [-0.2, -0.15) is 4.98 Å². The summed E-state index contributed by atoms with van der Waals surface area (Å²) in [6.45, 7) is 1.50.